The number of carbonyl (C=O) groups excluding carboxylic acids is 1. The third-order valence-electron chi connectivity index (χ3n) is 2.64. The van der Waals surface area contributed by atoms with Crippen LogP contribution in [0.15, 0.2) is 30.3 Å². The highest BCUT2D eigenvalue weighted by Gasteiger charge is 2.11. The number of carbonyl (C=O) groups is 1. The van der Waals surface area contributed by atoms with Gasteiger partial charge in [0.1, 0.15) is 11.6 Å². The Labute approximate surface area is 122 Å². The lowest BCUT2D eigenvalue weighted by Crippen LogP contribution is -2.12. The van der Waals surface area contributed by atoms with Gasteiger partial charge in [0, 0.05) is 12.6 Å². The van der Waals surface area contributed by atoms with Gasteiger partial charge in [-0.1, -0.05) is 19.1 Å². The molecule has 7 nitrogen and oxygen atoms in total. The molecule has 1 amide bonds. The average Bonchev–Trinajstić information content (AvgIpc) is 2.45. The molecule has 1 aromatic heterocycles. The van der Waals surface area contributed by atoms with Crippen molar-refractivity contribution in [2.75, 3.05) is 17.6 Å². The highest BCUT2D eigenvalue weighted by molar-refractivity contribution is 5.95. The molecule has 0 unspecified atom stereocenters. The normalized spacial score (nSPS) is 10.1. The van der Waals surface area contributed by atoms with Gasteiger partial charge < -0.3 is 21.5 Å². The number of benzene rings is 1. The number of amides is 1. The van der Waals surface area contributed by atoms with E-state index in [0.29, 0.717) is 11.6 Å². The van der Waals surface area contributed by atoms with Gasteiger partial charge in [0.15, 0.2) is 0 Å². The Morgan fingerprint density at radius 2 is 2.10 bits per heavy atom. The number of nitrogens with two attached hydrogens (primary N) is 2. The first-order valence-electron chi connectivity index (χ1n) is 6.55. The number of rotatable bonds is 6. The molecule has 110 valence electrons. The fraction of sp³-hybridized carbons (Fsp3) is 0.214. The molecule has 1 aromatic carbocycles. The molecular weight excluding hydrogens is 270 g/mol. The Kier molecular flexibility index (Phi) is 4.55. The number of aromatic nitrogens is 2. The van der Waals surface area contributed by atoms with Gasteiger partial charge in [-0.3, -0.25) is 4.79 Å². The number of hydrogen-bond donors (Lipinski definition) is 3. The quantitative estimate of drug-likeness (QED) is 0.745. The molecule has 0 aliphatic carbocycles. The zero-order valence-electron chi connectivity index (χ0n) is 11.7. The summed E-state index contributed by atoms with van der Waals surface area (Å²) in [5, 5.41) is 3.10. The zero-order valence-corrected chi connectivity index (χ0v) is 11.7. The van der Waals surface area contributed by atoms with Crippen molar-refractivity contribution >= 4 is 17.7 Å². The second-order valence-corrected chi connectivity index (χ2v) is 4.34. The number of nitrogen functional groups attached to an aromatic ring is 1. The molecule has 1 heterocycles. The molecule has 0 aliphatic heterocycles. The van der Waals surface area contributed by atoms with Crippen LogP contribution in [0, 0.1) is 0 Å². The number of ether oxygens (including phenoxy) is 1. The Morgan fingerprint density at radius 3 is 2.81 bits per heavy atom. The Hall–Kier alpha value is -2.83. The Balaban J connectivity index is 2.27. The van der Waals surface area contributed by atoms with Crippen molar-refractivity contribution in [3.8, 4) is 11.6 Å². The minimum absolute atomic E-state index is 0.0858. The van der Waals surface area contributed by atoms with E-state index in [2.05, 4.69) is 15.3 Å². The molecule has 2 rings (SSSR count). The third-order valence-corrected chi connectivity index (χ3v) is 2.64. The van der Waals surface area contributed by atoms with E-state index < -0.39 is 5.91 Å². The average molecular weight is 287 g/mol. The lowest BCUT2D eigenvalue weighted by Gasteiger charge is -2.10. The predicted molar refractivity (Wildman–Crippen MR) is 80.3 cm³/mol. The first-order chi connectivity index (χ1) is 10.1. The lowest BCUT2D eigenvalue weighted by molar-refractivity contribution is 0.0998. The molecule has 0 fully saturated rings. The topological polar surface area (TPSA) is 116 Å². The zero-order chi connectivity index (χ0) is 15.2. The monoisotopic (exact) mass is 287 g/mol. The van der Waals surface area contributed by atoms with E-state index in [-0.39, 0.29) is 17.4 Å². The molecule has 21 heavy (non-hydrogen) atoms. The summed E-state index contributed by atoms with van der Waals surface area (Å²) < 4.78 is 5.60. The van der Waals surface area contributed by atoms with Gasteiger partial charge in [0.2, 0.25) is 11.8 Å². The van der Waals surface area contributed by atoms with Gasteiger partial charge >= 0.3 is 0 Å². The summed E-state index contributed by atoms with van der Waals surface area (Å²) in [5.41, 5.74) is 11.2. The molecule has 7 heteroatoms. The van der Waals surface area contributed by atoms with Crippen LogP contribution in [0.2, 0.25) is 0 Å². The van der Waals surface area contributed by atoms with E-state index >= 15 is 0 Å². The molecule has 0 bridgehead atoms. The van der Waals surface area contributed by atoms with Gasteiger partial charge in [-0.25, -0.2) is 0 Å². The summed E-state index contributed by atoms with van der Waals surface area (Å²) in [6.07, 6.45) is 0.949. The summed E-state index contributed by atoms with van der Waals surface area (Å²) in [7, 11) is 0. The number of nitrogens with zero attached hydrogens (tertiary/aromatic N) is 2. The maximum Gasteiger partial charge on any atom is 0.252 e. The lowest BCUT2D eigenvalue weighted by atomic mass is 10.2. The summed E-state index contributed by atoms with van der Waals surface area (Å²) in [4.78, 5) is 19.4. The van der Waals surface area contributed by atoms with Crippen molar-refractivity contribution < 1.29 is 9.53 Å². The second kappa shape index (κ2) is 6.56. The minimum Gasteiger partial charge on any atom is -0.438 e. The third kappa shape index (κ3) is 3.82. The van der Waals surface area contributed by atoms with Crippen LogP contribution in [0.1, 0.15) is 23.7 Å². The molecule has 0 saturated heterocycles. The van der Waals surface area contributed by atoms with Crippen LogP contribution >= 0.6 is 0 Å². The van der Waals surface area contributed by atoms with Crippen LogP contribution < -0.4 is 21.5 Å². The number of hydrogen-bond acceptors (Lipinski definition) is 6. The fourth-order valence-electron chi connectivity index (χ4n) is 1.71. The van der Waals surface area contributed by atoms with Crippen molar-refractivity contribution in [1.82, 2.24) is 9.97 Å². The van der Waals surface area contributed by atoms with Gasteiger partial charge in [-0.05, 0) is 18.6 Å². The first kappa shape index (κ1) is 14.6. The predicted octanol–water partition coefficient (Wildman–Crippen LogP) is 1.77. The standard InChI is InChI=1S/C14H17N5O2/c1-2-7-17-11-8-12(19-14(16)18-11)21-10-6-4-3-5-9(10)13(15)20/h3-6,8H,2,7H2,1H3,(H2,15,20)(H3,16,17,18,19). The van der Waals surface area contributed by atoms with Crippen LogP contribution in [0.3, 0.4) is 0 Å². The Morgan fingerprint density at radius 1 is 1.33 bits per heavy atom. The summed E-state index contributed by atoms with van der Waals surface area (Å²) >= 11 is 0. The van der Waals surface area contributed by atoms with Crippen LogP contribution in [-0.4, -0.2) is 22.4 Å². The largest absolute Gasteiger partial charge is 0.438 e. The van der Waals surface area contributed by atoms with Crippen molar-refractivity contribution in [2.45, 2.75) is 13.3 Å². The number of nitrogens with one attached hydrogen (secondary N) is 1. The molecule has 2 aromatic rings. The van der Waals surface area contributed by atoms with Crippen molar-refractivity contribution in [3.63, 3.8) is 0 Å². The van der Waals surface area contributed by atoms with Crippen molar-refractivity contribution in [1.29, 1.82) is 0 Å². The summed E-state index contributed by atoms with van der Waals surface area (Å²) in [5.74, 6) is 0.648. The molecular formula is C14H17N5O2. The van der Waals surface area contributed by atoms with Crippen LogP contribution in [0.4, 0.5) is 11.8 Å². The molecule has 0 saturated carbocycles. The second-order valence-electron chi connectivity index (χ2n) is 4.34. The van der Waals surface area contributed by atoms with E-state index in [1.54, 1.807) is 30.3 Å². The maximum absolute atomic E-state index is 11.4. The molecule has 0 aliphatic rings. The first-order valence-corrected chi connectivity index (χ1v) is 6.55. The maximum atomic E-state index is 11.4. The number of anilines is 2. The van der Waals surface area contributed by atoms with Crippen molar-refractivity contribution in [3.05, 3.63) is 35.9 Å². The van der Waals surface area contributed by atoms with E-state index in [9.17, 15) is 4.79 Å². The van der Waals surface area contributed by atoms with Crippen LogP contribution in [0.25, 0.3) is 0 Å². The molecule has 0 atom stereocenters. The molecule has 0 radical (unpaired) electrons. The van der Waals surface area contributed by atoms with Crippen molar-refractivity contribution in [2.24, 2.45) is 5.73 Å². The van der Waals surface area contributed by atoms with Crippen LogP contribution in [0.5, 0.6) is 11.6 Å². The highest BCUT2D eigenvalue weighted by atomic mass is 16.5. The smallest absolute Gasteiger partial charge is 0.252 e. The van der Waals surface area contributed by atoms with Gasteiger partial charge in [0.25, 0.3) is 5.91 Å². The van der Waals surface area contributed by atoms with E-state index in [0.717, 1.165) is 13.0 Å². The van der Waals surface area contributed by atoms with Gasteiger partial charge in [-0.15, -0.1) is 0 Å². The minimum atomic E-state index is -0.572. The highest BCUT2D eigenvalue weighted by Crippen LogP contribution is 2.25. The van der Waals surface area contributed by atoms with E-state index in [1.165, 1.54) is 0 Å². The molecule has 5 N–H and O–H groups in total. The van der Waals surface area contributed by atoms with Crippen LogP contribution in [-0.2, 0) is 0 Å². The number of primary amides is 1. The van der Waals surface area contributed by atoms with Gasteiger partial charge in [0.05, 0.1) is 5.56 Å². The summed E-state index contributed by atoms with van der Waals surface area (Å²) in [6, 6.07) is 8.28. The SMILES string of the molecule is CCCNc1cc(Oc2ccccc2C(N)=O)nc(N)n1. The van der Waals surface area contributed by atoms with E-state index in [4.69, 9.17) is 16.2 Å². The van der Waals surface area contributed by atoms with E-state index in [1.807, 2.05) is 6.92 Å². The fourth-order valence-corrected chi connectivity index (χ4v) is 1.71. The van der Waals surface area contributed by atoms with Gasteiger partial charge in [-0.2, -0.15) is 9.97 Å². The number of para-hydroxylation sites is 1. The Bertz CT molecular complexity index is 645. The summed E-state index contributed by atoms with van der Waals surface area (Å²) in [6.45, 7) is 2.80. The molecule has 0 spiro atoms.